The minimum atomic E-state index is -0.0894. The quantitative estimate of drug-likeness (QED) is 0.792. The molecule has 1 atom stereocenters. The third kappa shape index (κ3) is 4.78. The van der Waals surface area contributed by atoms with Crippen molar-refractivity contribution >= 4 is 11.7 Å². The Balaban J connectivity index is 1.40. The summed E-state index contributed by atoms with van der Waals surface area (Å²) in [6.45, 7) is 7.54. The van der Waals surface area contributed by atoms with Gasteiger partial charge < -0.3 is 10.2 Å². The molecule has 1 N–H and O–H groups in total. The van der Waals surface area contributed by atoms with Crippen LogP contribution in [0, 0.1) is 0 Å². The number of amides is 1. The number of rotatable bonds is 6. The summed E-state index contributed by atoms with van der Waals surface area (Å²) >= 11 is 0. The third-order valence-electron chi connectivity index (χ3n) is 6.29. The summed E-state index contributed by atoms with van der Waals surface area (Å²) in [7, 11) is 0. The van der Waals surface area contributed by atoms with Crippen LogP contribution in [-0.2, 0) is 11.2 Å². The van der Waals surface area contributed by atoms with Gasteiger partial charge in [-0.25, -0.2) is 9.97 Å². The van der Waals surface area contributed by atoms with Gasteiger partial charge in [0.15, 0.2) is 5.82 Å². The van der Waals surface area contributed by atoms with Crippen molar-refractivity contribution in [3.05, 3.63) is 36.2 Å². The molecule has 1 unspecified atom stereocenters. The highest BCUT2D eigenvalue weighted by Crippen LogP contribution is 2.21. The van der Waals surface area contributed by atoms with E-state index in [1.54, 1.807) is 6.20 Å². The Bertz CT molecular complexity index is 844. The third-order valence-corrected chi connectivity index (χ3v) is 6.29. The molecule has 1 aliphatic heterocycles. The van der Waals surface area contributed by atoms with Crippen LogP contribution in [0.3, 0.4) is 0 Å². The Morgan fingerprint density at radius 2 is 1.93 bits per heavy atom. The van der Waals surface area contributed by atoms with Crippen molar-refractivity contribution in [1.29, 1.82) is 0 Å². The van der Waals surface area contributed by atoms with Gasteiger partial charge in [0.1, 0.15) is 11.5 Å². The smallest absolute Gasteiger partial charge is 0.237 e. The van der Waals surface area contributed by atoms with E-state index in [-0.39, 0.29) is 11.9 Å². The Labute approximate surface area is 178 Å². The molecular weight excluding hydrogens is 376 g/mol. The van der Waals surface area contributed by atoms with Crippen LogP contribution in [0.15, 0.2) is 30.5 Å². The van der Waals surface area contributed by atoms with E-state index in [0.717, 1.165) is 62.6 Å². The van der Waals surface area contributed by atoms with Crippen molar-refractivity contribution in [2.45, 2.75) is 58.0 Å². The van der Waals surface area contributed by atoms with E-state index in [1.807, 2.05) is 25.1 Å². The maximum Gasteiger partial charge on any atom is 0.237 e. The minimum Gasteiger partial charge on any atom is -0.354 e. The molecule has 3 heterocycles. The van der Waals surface area contributed by atoms with Crippen LogP contribution >= 0.6 is 0 Å². The molecule has 2 aliphatic rings. The fourth-order valence-electron chi connectivity index (χ4n) is 4.33. The number of aryl methyl sites for hydroxylation is 1. The molecule has 2 aromatic rings. The largest absolute Gasteiger partial charge is 0.354 e. The van der Waals surface area contributed by atoms with Gasteiger partial charge in [-0.3, -0.25) is 14.7 Å². The predicted octanol–water partition coefficient (Wildman–Crippen LogP) is 2.67. The van der Waals surface area contributed by atoms with Crippen LogP contribution < -0.4 is 10.2 Å². The van der Waals surface area contributed by atoms with E-state index in [1.165, 1.54) is 12.8 Å². The first-order valence-electron chi connectivity index (χ1n) is 11.2. The monoisotopic (exact) mass is 408 g/mol. The molecule has 1 amide bonds. The molecule has 1 saturated carbocycles. The van der Waals surface area contributed by atoms with Gasteiger partial charge in [-0.15, -0.1) is 0 Å². The van der Waals surface area contributed by atoms with Gasteiger partial charge >= 0.3 is 0 Å². The van der Waals surface area contributed by atoms with Crippen molar-refractivity contribution in [3.63, 3.8) is 0 Å². The predicted molar refractivity (Wildman–Crippen MR) is 118 cm³/mol. The molecule has 0 radical (unpaired) electrons. The zero-order valence-corrected chi connectivity index (χ0v) is 18.0. The lowest BCUT2D eigenvalue weighted by atomic mass is 10.2. The maximum atomic E-state index is 12.6. The maximum absolute atomic E-state index is 12.6. The summed E-state index contributed by atoms with van der Waals surface area (Å²) in [5, 5.41) is 3.24. The van der Waals surface area contributed by atoms with Crippen LogP contribution in [0.1, 0.15) is 45.2 Å². The molecule has 30 heavy (non-hydrogen) atoms. The normalized spacial score (nSPS) is 19.1. The topological polar surface area (TPSA) is 74.2 Å². The number of hydrogen-bond donors (Lipinski definition) is 1. The summed E-state index contributed by atoms with van der Waals surface area (Å²) in [6, 6.07) is 8.17. The molecule has 7 nitrogen and oxygen atoms in total. The summed E-state index contributed by atoms with van der Waals surface area (Å²) in [6.07, 6.45) is 7.34. The van der Waals surface area contributed by atoms with E-state index in [4.69, 9.17) is 4.98 Å². The highest BCUT2D eigenvalue weighted by Gasteiger charge is 2.28. The Morgan fingerprint density at radius 1 is 1.17 bits per heavy atom. The van der Waals surface area contributed by atoms with Gasteiger partial charge in [0.05, 0.1) is 6.04 Å². The fourth-order valence-corrected chi connectivity index (χ4v) is 4.33. The van der Waals surface area contributed by atoms with Gasteiger partial charge in [-0.1, -0.05) is 25.8 Å². The molecule has 7 heteroatoms. The SMILES string of the molecule is CCc1cc(N2CCN(C(C)C(=O)NC3CCCC3)CC2)nc(-c2ccccn2)n1. The Kier molecular flexibility index (Phi) is 6.57. The number of carbonyl (C=O) groups excluding carboxylic acids is 1. The number of nitrogens with one attached hydrogen (secondary N) is 1. The average molecular weight is 409 g/mol. The molecule has 2 fully saturated rings. The van der Waals surface area contributed by atoms with Crippen LogP contribution in [0.2, 0.25) is 0 Å². The Morgan fingerprint density at radius 3 is 2.60 bits per heavy atom. The summed E-state index contributed by atoms with van der Waals surface area (Å²) in [4.78, 5) is 31.1. The van der Waals surface area contributed by atoms with Crippen LogP contribution in [0.4, 0.5) is 5.82 Å². The van der Waals surface area contributed by atoms with Crippen LogP contribution in [0.25, 0.3) is 11.5 Å². The minimum absolute atomic E-state index is 0.0894. The zero-order chi connectivity index (χ0) is 20.9. The number of carbonyl (C=O) groups is 1. The van der Waals surface area contributed by atoms with E-state index < -0.39 is 0 Å². The first-order valence-corrected chi connectivity index (χ1v) is 11.2. The number of anilines is 1. The number of hydrogen-bond acceptors (Lipinski definition) is 6. The summed E-state index contributed by atoms with van der Waals surface area (Å²) < 4.78 is 0. The number of piperazine rings is 1. The number of pyridine rings is 1. The fraction of sp³-hybridized carbons (Fsp3) is 0.565. The lowest BCUT2D eigenvalue weighted by Gasteiger charge is -2.38. The average Bonchev–Trinajstić information content (AvgIpc) is 3.32. The summed E-state index contributed by atoms with van der Waals surface area (Å²) in [5.74, 6) is 1.80. The first kappa shape index (κ1) is 20.7. The van der Waals surface area contributed by atoms with Gasteiger partial charge in [0.2, 0.25) is 5.91 Å². The lowest BCUT2D eigenvalue weighted by Crippen LogP contribution is -2.55. The van der Waals surface area contributed by atoms with Gasteiger partial charge in [-0.05, 0) is 38.3 Å². The molecular formula is C23H32N6O. The molecule has 0 spiro atoms. The van der Waals surface area contributed by atoms with Crippen LogP contribution in [-0.4, -0.2) is 64.0 Å². The van der Waals surface area contributed by atoms with E-state index in [9.17, 15) is 4.79 Å². The molecule has 0 bridgehead atoms. The van der Waals surface area contributed by atoms with Crippen molar-refractivity contribution < 1.29 is 4.79 Å². The van der Waals surface area contributed by atoms with E-state index in [2.05, 4.69) is 38.1 Å². The highest BCUT2D eigenvalue weighted by atomic mass is 16.2. The second kappa shape index (κ2) is 9.51. The second-order valence-electron chi connectivity index (χ2n) is 8.30. The molecule has 1 saturated heterocycles. The summed E-state index contributed by atoms with van der Waals surface area (Å²) in [5.41, 5.74) is 1.82. The highest BCUT2D eigenvalue weighted by molar-refractivity contribution is 5.81. The molecule has 0 aromatic carbocycles. The lowest BCUT2D eigenvalue weighted by molar-refractivity contribution is -0.126. The first-order chi connectivity index (χ1) is 14.6. The van der Waals surface area contributed by atoms with Crippen LogP contribution in [0.5, 0.6) is 0 Å². The van der Waals surface area contributed by atoms with Crippen molar-refractivity contribution in [2.75, 3.05) is 31.1 Å². The second-order valence-corrected chi connectivity index (χ2v) is 8.30. The van der Waals surface area contributed by atoms with Crippen molar-refractivity contribution in [2.24, 2.45) is 0 Å². The zero-order valence-electron chi connectivity index (χ0n) is 18.0. The van der Waals surface area contributed by atoms with Gasteiger partial charge in [0.25, 0.3) is 0 Å². The van der Waals surface area contributed by atoms with E-state index in [0.29, 0.717) is 11.9 Å². The van der Waals surface area contributed by atoms with E-state index >= 15 is 0 Å². The standard InChI is InChI=1S/C23H32N6O/c1-3-18-16-21(27-22(25-18)20-10-6-7-11-24-20)29-14-12-28(13-15-29)17(2)23(30)26-19-8-4-5-9-19/h6-7,10-11,16-17,19H,3-5,8-9,12-15H2,1-2H3,(H,26,30). The van der Waals surface area contributed by atoms with Crippen molar-refractivity contribution in [3.8, 4) is 11.5 Å². The van der Waals surface area contributed by atoms with Gasteiger partial charge in [0, 0.05) is 50.2 Å². The van der Waals surface area contributed by atoms with Crippen molar-refractivity contribution in [1.82, 2.24) is 25.2 Å². The number of aromatic nitrogens is 3. The molecule has 4 rings (SSSR count). The molecule has 160 valence electrons. The molecule has 2 aromatic heterocycles. The Hall–Kier alpha value is -2.54. The number of nitrogens with zero attached hydrogens (tertiary/aromatic N) is 5. The molecule has 1 aliphatic carbocycles. The van der Waals surface area contributed by atoms with Gasteiger partial charge in [-0.2, -0.15) is 0 Å².